The highest BCUT2D eigenvalue weighted by molar-refractivity contribution is 7.99. The average Bonchev–Trinajstić information content (AvgIpc) is 3.22. The molecule has 1 aliphatic carbocycles. The van der Waals surface area contributed by atoms with E-state index < -0.39 is 12.3 Å². The monoisotopic (exact) mass is 507 g/mol. The Bertz CT molecular complexity index is 1140. The molecule has 1 saturated carbocycles. The highest BCUT2D eigenvalue weighted by Gasteiger charge is 2.31. The molecule has 0 aliphatic heterocycles. The van der Waals surface area contributed by atoms with E-state index in [0.717, 1.165) is 42.6 Å². The summed E-state index contributed by atoms with van der Waals surface area (Å²) in [5, 5.41) is 18.3. The maximum Gasteiger partial charge on any atom is 0.573 e. The SMILES string of the molecule is COc1ccc(Cn2nnc(C(=O)O)c2S[C@H]2CC[C@H](c3ccc(OC(F)(F)F)cc3)CC2)cc1. The van der Waals surface area contributed by atoms with Gasteiger partial charge in [-0.15, -0.1) is 30.0 Å². The summed E-state index contributed by atoms with van der Waals surface area (Å²) < 4.78 is 47.9. The van der Waals surface area contributed by atoms with Crippen LogP contribution in [-0.2, 0) is 6.54 Å². The van der Waals surface area contributed by atoms with Crippen LogP contribution in [0, 0.1) is 0 Å². The minimum absolute atomic E-state index is 0.0640. The van der Waals surface area contributed by atoms with Crippen LogP contribution in [-0.4, -0.2) is 44.8 Å². The summed E-state index contributed by atoms with van der Waals surface area (Å²) in [6, 6.07) is 13.5. The third-order valence-corrected chi connectivity index (χ3v) is 7.35. The van der Waals surface area contributed by atoms with Crippen LogP contribution in [0.5, 0.6) is 11.5 Å². The second-order valence-electron chi connectivity index (χ2n) is 8.26. The van der Waals surface area contributed by atoms with Crippen molar-refractivity contribution >= 4 is 17.7 Å². The number of thioether (sulfide) groups is 1. The lowest BCUT2D eigenvalue weighted by molar-refractivity contribution is -0.274. The molecule has 4 rings (SSSR count). The lowest BCUT2D eigenvalue weighted by atomic mass is 9.84. The number of nitrogens with zero attached hydrogens (tertiary/aromatic N) is 3. The summed E-state index contributed by atoms with van der Waals surface area (Å²) in [7, 11) is 1.59. The molecular formula is C24H24F3N3O4S. The molecule has 0 atom stereocenters. The van der Waals surface area contributed by atoms with E-state index in [1.165, 1.54) is 23.9 Å². The first-order valence-corrected chi connectivity index (χ1v) is 11.9. The number of benzene rings is 2. The molecule has 2 aromatic carbocycles. The largest absolute Gasteiger partial charge is 0.573 e. The molecule has 186 valence electrons. The second-order valence-corrected chi connectivity index (χ2v) is 9.55. The molecule has 0 unspecified atom stereocenters. The summed E-state index contributed by atoms with van der Waals surface area (Å²) in [4.78, 5) is 11.7. The Morgan fingerprint density at radius 3 is 2.26 bits per heavy atom. The van der Waals surface area contributed by atoms with Gasteiger partial charge < -0.3 is 14.6 Å². The molecule has 0 amide bonds. The topological polar surface area (TPSA) is 86.5 Å². The number of methoxy groups -OCH3 is 1. The van der Waals surface area contributed by atoms with Crippen LogP contribution in [0.1, 0.15) is 53.2 Å². The van der Waals surface area contributed by atoms with Crippen molar-refractivity contribution in [1.82, 2.24) is 15.0 Å². The number of ether oxygens (including phenoxy) is 2. The molecule has 7 nitrogen and oxygen atoms in total. The molecule has 11 heteroatoms. The van der Waals surface area contributed by atoms with Gasteiger partial charge in [-0.25, -0.2) is 9.48 Å². The van der Waals surface area contributed by atoms with Crippen LogP contribution in [0.4, 0.5) is 13.2 Å². The minimum Gasteiger partial charge on any atom is -0.497 e. The third kappa shape index (κ3) is 6.47. The predicted molar refractivity (Wildman–Crippen MR) is 123 cm³/mol. The normalized spacial score (nSPS) is 18.3. The fourth-order valence-electron chi connectivity index (χ4n) is 4.18. The Kier molecular flexibility index (Phi) is 7.54. The van der Waals surface area contributed by atoms with Crippen molar-refractivity contribution in [2.45, 2.75) is 54.8 Å². The van der Waals surface area contributed by atoms with Gasteiger partial charge in [-0.3, -0.25) is 0 Å². The van der Waals surface area contributed by atoms with Gasteiger partial charge in [0.2, 0.25) is 5.69 Å². The molecule has 3 aromatic rings. The maximum absolute atomic E-state index is 12.4. The first-order chi connectivity index (χ1) is 16.7. The second kappa shape index (κ2) is 10.6. The van der Waals surface area contributed by atoms with Crippen LogP contribution in [0.3, 0.4) is 0 Å². The predicted octanol–water partition coefficient (Wildman–Crippen LogP) is 5.75. The first kappa shape index (κ1) is 24.9. The lowest BCUT2D eigenvalue weighted by Crippen LogP contribution is -2.18. The number of carboxylic acid groups (broad SMARTS) is 1. The van der Waals surface area contributed by atoms with E-state index in [2.05, 4.69) is 15.0 Å². The van der Waals surface area contributed by atoms with Gasteiger partial charge in [-0.05, 0) is 67.0 Å². The molecule has 0 radical (unpaired) electrons. The Morgan fingerprint density at radius 1 is 1.06 bits per heavy atom. The van der Waals surface area contributed by atoms with Gasteiger partial charge in [0.05, 0.1) is 13.7 Å². The fourth-order valence-corrected chi connectivity index (χ4v) is 5.46. The first-order valence-electron chi connectivity index (χ1n) is 11.0. The van der Waals surface area contributed by atoms with Crippen molar-refractivity contribution in [3.8, 4) is 11.5 Å². The Morgan fingerprint density at radius 2 is 1.69 bits per heavy atom. The van der Waals surface area contributed by atoms with Crippen molar-refractivity contribution in [3.63, 3.8) is 0 Å². The number of carboxylic acids is 1. The van der Waals surface area contributed by atoms with Gasteiger partial charge in [0.25, 0.3) is 0 Å². The van der Waals surface area contributed by atoms with Gasteiger partial charge in [-0.2, -0.15) is 0 Å². The molecule has 1 aliphatic rings. The zero-order valence-electron chi connectivity index (χ0n) is 18.9. The minimum atomic E-state index is -4.71. The van der Waals surface area contributed by atoms with Gasteiger partial charge in [0.1, 0.15) is 16.5 Å². The Balaban J connectivity index is 1.40. The van der Waals surface area contributed by atoms with Crippen molar-refractivity contribution in [2.75, 3.05) is 7.11 Å². The number of hydrogen-bond donors (Lipinski definition) is 1. The van der Waals surface area contributed by atoms with E-state index in [9.17, 15) is 23.1 Å². The van der Waals surface area contributed by atoms with Crippen molar-refractivity contribution < 1.29 is 32.5 Å². The molecule has 1 aromatic heterocycles. The standard InChI is InChI=1S/C24H24F3N3O4S/c1-33-18-8-2-15(3-9-18)14-30-22(21(23(31)32)28-29-30)35-20-12-6-17(7-13-20)16-4-10-19(11-5-16)34-24(25,26)27/h2-5,8-11,17,20H,6-7,12-14H2,1H3,(H,31,32)/t17-,20-. The van der Waals surface area contributed by atoms with E-state index in [1.54, 1.807) is 23.9 Å². The maximum atomic E-state index is 12.4. The fraction of sp³-hybridized carbons (Fsp3) is 0.375. The summed E-state index contributed by atoms with van der Waals surface area (Å²) in [5.74, 6) is -0.395. The molecule has 1 fully saturated rings. The summed E-state index contributed by atoms with van der Waals surface area (Å²) in [6.45, 7) is 0.383. The van der Waals surface area contributed by atoms with E-state index in [4.69, 9.17) is 4.74 Å². The average molecular weight is 508 g/mol. The van der Waals surface area contributed by atoms with Gasteiger partial charge >= 0.3 is 12.3 Å². The Labute approximate surface area is 204 Å². The van der Waals surface area contributed by atoms with Crippen LogP contribution in [0.2, 0.25) is 0 Å². The molecule has 1 N–H and O–H groups in total. The van der Waals surface area contributed by atoms with Crippen LogP contribution >= 0.6 is 11.8 Å². The van der Waals surface area contributed by atoms with Gasteiger partial charge in [-0.1, -0.05) is 29.5 Å². The summed E-state index contributed by atoms with van der Waals surface area (Å²) in [6.07, 6.45) is -1.34. The van der Waals surface area contributed by atoms with E-state index in [1.807, 2.05) is 24.3 Å². The lowest BCUT2D eigenvalue weighted by Gasteiger charge is -2.28. The number of aromatic nitrogens is 3. The van der Waals surface area contributed by atoms with Crippen LogP contribution in [0.15, 0.2) is 53.6 Å². The molecule has 0 spiro atoms. The highest BCUT2D eigenvalue weighted by atomic mass is 32.2. The number of alkyl halides is 3. The van der Waals surface area contributed by atoms with Crippen LogP contribution < -0.4 is 9.47 Å². The molecule has 35 heavy (non-hydrogen) atoms. The van der Waals surface area contributed by atoms with Crippen molar-refractivity contribution in [3.05, 3.63) is 65.4 Å². The van der Waals surface area contributed by atoms with E-state index in [-0.39, 0.29) is 22.6 Å². The molecule has 0 bridgehead atoms. The van der Waals surface area contributed by atoms with Crippen molar-refractivity contribution in [2.24, 2.45) is 0 Å². The summed E-state index contributed by atoms with van der Waals surface area (Å²) in [5.41, 5.74) is 1.85. The molecule has 1 heterocycles. The quantitative estimate of drug-likeness (QED) is 0.415. The number of halogens is 3. The van der Waals surface area contributed by atoms with E-state index in [0.29, 0.717) is 11.6 Å². The molecular weight excluding hydrogens is 483 g/mol. The highest BCUT2D eigenvalue weighted by Crippen LogP contribution is 2.41. The van der Waals surface area contributed by atoms with E-state index >= 15 is 0 Å². The number of carbonyl (C=O) groups is 1. The third-order valence-electron chi connectivity index (χ3n) is 5.92. The number of aromatic carboxylic acids is 1. The van der Waals surface area contributed by atoms with Crippen LogP contribution in [0.25, 0.3) is 0 Å². The van der Waals surface area contributed by atoms with Gasteiger partial charge in [0.15, 0.2) is 0 Å². The zero-order chi connectivity index (χ0) is 25.0. The number of hydrogen-bond acceptors (Lipinski definition) is 6. The Hall–Kier alpha value is -3.21. The van der Waals surface area contributed by atoms with Gasteiger partial charge in [0, 0.05) is 5.25 Å². The number of rotatable bonds is 8. The van der Waals surface area contributed by atoms with Crippen molar-refractivity contribution in [1.29, 1.82) is 0 Å². The smallest absolute Gasteiger partial charge is 0.497 e. The zero-order valence-corrected chi connectivity index (χ0v) is 19.7. The molecule has 0 saturated heterocycles. The summed E-state index contributed by atoms with van der Waals surface area (Å²) >= 11 is 1.47.